The summed E-state index contributed by atoms with van der Waals surface area (Å²) in [4.78, 5) is 36.5. The van der Waals surface area contributed by atoms with E-state index in [0.29, 0.717) is 25.9 Å². The van der Waals surface area contributed by atoms with Crippen LogP contribution in [0.4, 0.5) is 9.59 Å². The second-order valence-electron chi connectivity index (χ2n) is 10.7. The van der Waals surface area contributed by atoms with Gasteiger partial charge >= 0.3 is 18.2 Å². The van der Waals surface area contributed by atoms with Crippen molar-refractivity contribution < 1.29 is 28.6 Å². The van der Waals surface area contributed by atoms with Gasteiger partial charge in [-0.1, -0.05) is 61.2 Å². The predicted molar refractivity (Wildman–Crippen MR) is 154 cm³/mol. The lowest BCUT2D eigenvalue weighted by atomic mass is 9.98. The van der Waals surface area contributed by atoms with Crippen LogP contribution < -0.4 is 16.0 Å². The van der Waals surface area contributed by atoms with Crippen molar-refractivity contribution in [2.45, 2.75) is 57.6 Å². The molecule has 0 aliphatic heterocycles. The minimum atomic E-state index is -0.555. The summed E-state index contributed by atoms with van der Waals surface area (Å²) in [5.74, 6) is -0.436. The molecule has 0 heterocycles. The highest BCUT2D eigenvalue weighted by atomic mass is 16.6. The third-order valence-electron chi connectivity index (χ3n) is 6.34. The highest BCUT2D eigenvalue weighted by Gasteiger charge is 2.29. The number of amides is 2. The van der Waals surface area contributed by atoms with Crippen LogP contribution in [0.5, 0.6) is 0 Å². The van der Waals surface area contributed by atoms with Gasteiger partial charge in [0.05, 0.1) is 6.54 Å². The number of nitrogens with one attached hydrogen (secondary N) is 3. The van der Waals surface area contributed by atoms with Gasteiger partial charge < -0.3 is 30.2 Å². The average molecular weight is 552 g/mol. The van der Waals surface area contributed by atoms with Gasteiger partial charge in [-0.15, -0.1) is 0 Å². The van der Waals surface area contributed by atoms with E-state index in [4.69, 9.17) is 14.2 Å². The standard InChI is InChI=1S/C31H41N3O6/c1-5-18-38-28(35)20-32-19-22(12-10-11-17-33-29(36)40-31(2,3)4)34-30(37)39-21-27-25-15-8-6-13-23(25)24-14-7-9-16-26(24)27/h5-9,13-16,22,27,32H,1,10-12,17-21H2,2-4H3,(H,33,36)(H,34,37). The van der Waals surface area contributed by atoms with Crippen LogP contribution in [0.1, 0.15) is 57.1 Å². The molecule has 1 atom stereocenters. The Balaban J connectivity index is 1.51. The first-order valence-corrected chi connectivity index (χ1v) is 13.7. The van der Waals surface area contributed by atoms with Crippen molar-refractivity contribution in [3.63, 3.8) is 0 Å². The summed E-state index contributed by atoms with van der Waals surface area (Å²) in [6.07, 6.45) is 2.57. The van der Waals surface area contributed by atoms with E-state index < -0.39 is 23.8 Å². The molecule has 9 nitrogen and oxygen atoms in total. The number of rotatable bonds is 14. The van der Waals surface area contributed by atoms with Gasteiger partial charge in [0.1, 0.15) is 18.8 Å². The first-order chi connectivity index (χ1) is 19.2. The molecular formula is C31H41N3O6. The van der Waals surface area contributed by atoms with Gasteiger partial charge in [-0.3, -0.25) is 4.79 Å². The molecule has 0 bridgehead atoms. The Labute approximate surface area is 236 Å². The maximum Gasteiger partial charge on any atom is 0.407 e. The normalized spacial score (nSPS) is 13.0. The van der Waals surface area contributed by atoms with Crippen LogP contribution in [-0.4, -0.2) is 62.6 Å². The molecule has 0 saturated heterocycles. The number of unbranched alkanes of at least 4 members (excludes halogenated alkanes) is 1. The molecule has 3 N–H and O–H groups in total. The van der Waals surface area contributed by atoms with E-state index in [1.807, 2.05) is 45.0 Å². The molecule has 40 heavy (non-hydrogen) atoms. The van der Waals surface area contributed by atoms with Crippen LogP contribution in [-0.2, 0) is 19.0 Å². The van der Waals surface area contributed by atoms with Crippen molar-refractivity contribution in [1.82, 2.24) is 16.0 Å². The molecule has 3 rings (SSSR count). The highest BCUT2D eigenvalue weighted by molar-refractivity contribution is 5.79. The predicted octanol–water partition coefficient (Wildman–Crippen LogP) is 4.91. The molecule has 0 aromatic heterocycles. The fraction of sp³-hybridized carbons (Fsp3) is 0.452. The fourth-order valence-corrected chi connectivity index (χ4v) is 4.60. The maximum absolute atomic E-state index is 12.8. The zero-order chi connectivity index (χ0) is 29.0. The lowest BCUT2D eigenvalue weighted by molar-refractivity contribution is -0.141. The van der Waals surface area contributed by atoms with E-state index in [-0.39, 0.29) is 31.7 Å². The van der Waals surface area contributed by atoms with Gasteiger partial charge in [0.25, 0.3) is 0 Å². The van der Waals surface area contributed by atoms with Gasteiger partial charge in [-0.05, 0) is 62.3 Å². The minimum Gasteiger partial charge on any atom is -0.461 e. The summed E-state index contributed by atoms with van der Waals surface area (Å²) in [5, 5.41) is 8.71. The third-order valence-corrected chi connectivity index (χ3v) is 6.34. The van der Waals surface area contributed by atoms with Crippen molar-refractivity contribution in [3.8, 4) is 11.1 Å². The number of ether oxygens (including phenoxy) is 3. The lowest BCUT2D eigenvalue weighted by Crippen LogP contribution is -2.44. The summed E-state index contributed by atoms with van der Waals surface area (Å²) in [6.45, 7) is 10.1. The second-order valence-corrected chi connectivity index (χ2v) is 10.7. The Morgan fingerprint density at radius 3 is 2.23 bits per heavy atom. The quantitative estimate of drug-likeness (QED) is 0.132. The monoisotopic (exact) mass is 551 g/mol. The SMILES string of the molecule is C=CCOC(=O)CNCC(CCCCNC(=O)OC(C)(C)C)NC(=O)OCC1c2ccccc2-c2ccccc21. The molecule has 9 heteroatoms. The Morgan fingerprint density at radius 2 is 1.60 bits per heavy atom. The van der Waals surface area contributed by atoms with Crippen LogP contribution in [0, 0.1) is 0 Å². The van der Waals surface area contributed by atoms with Crippen LogP contribution in [0.2, 0.25) is 0 Å². The van der Waals surface area contributed by atoms with Gasteiger partial charge in [-0.2, -0.15) is 0 Å². The summed E-state index contributed by atoms with van der Waals surface area (Å²) in [5.41, 5.74) is 4.06. The third kappa shape index (κ3) is 9.72. The number of benzene rings is 2. The Bertz CT molecular complexity index is 1110. The van der Waals surface area contributed by atoms with Gasteiger partial charge in [0.15, 0.2) is 0 Å². The van der Waals surface area contributed by atoms with Crippen LogP contribution >= 0.6 is 0 Å². The Morgan fingerprint density at radius 1 is 0.950 bits per heavy atom. The van der Waals surface area contributed by atoms with E-state index in [9.17, 15) is 14.4 Å². The van der Waals surface area contributed by atoms with Gasteiger partial charge in [-0.25, -0.2) is 9.59 Å². The second kappa shape index (κ2) is 15.1. The van der Waals surface area contributed by atoms with E-state index in [1.165, 1.54) is 6.08 Å². The molecule has 2 aromatic rings. The van der Waals surface area contributed by atoms with E-state index in [1.54, 1.807) is 0 Å². The molecule has 0 fully saturated rings. The number of hydrogen-bond donors (Lipinski definition) is 3. The number of esters is 1. The molecule has 1 aliphatic carbocycles. The molecular weight excluding hydrogens is 510 g/mol. The first kappa shape index (κ1) is 30.7. The van der Waals surface area contributed by atoms with Crippen molar-refractivity contribution in [3.05, 3.63) is 72.3 Å². The molecule has 1 unspecified atom stereocenters. The number of carbonyl (C=O) groups is 3. The maximum atomic E-state index is 12.8. The van der Waals surface area contributed by atoms with Crippen LogP contribution in [0.25, 0.3) is 11.1 Å². The van der Waals surface area contributed by atoms with Crippen molar-refractivity contribution in [2.24, 2.45) is 0 Å². The molecule has 2 amide bonds. The minimum absolute atomic E-state index is 0.0108. The highest BCUT2D eigenvalue weighted by Crippen LogP contribution is 2.44. The summed E-state index contributed by atoms with van der Waals surface area (Å²) in [6, 6.07) is 16.1. The van der Waals surface area contributed by atoms with Crippen LogP contribution in [0.15, 0.2) is 61.2 Å². The van der Waals surface area contributed by atoms with Crippen molar-refractivity contribution in [1.29, 1.82) is 0 Å². The Kier molecular flexibility index (Phi) is 11.6. The molecule has 2 aromatic carbocycles. The zero-order valence-electron chi connectivity index (χ0n) is 23.7. The molecule has 1 aliphatic rings. The number of carbonyl (C=O) groups excluding carboxylic acids is 3. The van der Waals surface area contributed by atoms with Gasteiger partial charge in [0, 0.05) is 25.0 Å². The van der Waals surface area contributed by atoms with Crippen molar-refractivity contribution in [2.75, 3.05) is 32.8 Å². The fourth-order valence-electron chi connectivity index (χ4n) is 4.60. The summed E-state index contributed by atoms with van der Waals surface area (Å²) in [7, 11) is 0. The largest absolute Gasteiger partial charge is 0.461 e. The molecule has 0 radical (unpaired) electrons. The molecule has 0 saturated carbocycles. The van der Waals surface area contributed by atoms with Crippen molar-refractivity contribution >= 4 is 18.2 Å². The zero-order valence-corrected chi connectivity index (χ0v) is 23.7. The summed E-state index contributed by atoms with van der Waals surface area (Å²) >= 11 is 0. The van der Waals surface area contributed by atoms with E-state index >= 15 is 0 Å². The smallest absolute Gasteiger partial charge is 0.407 e. The molecule has 0 spiro atoms. The first-order valence-electron chi connectivity index (χ1n) is 13.7. The molecule has 216 valence electrons. The summed E-state index contributed by atoms with van der Waals surface area (Å²) < 4.78 is 15.9. The average Bonchev–Trinajstić information content (AvgIpc) is 3.23. The lowest BCUT2D eigenvalue weighted by Gasteiger charge is -2.21. The Hall–Kier alpha value is -3.85. The number of alkyl carbamates (subject to hydrolysis) is 2. The van der Waals surface area contributed by atoms with Crippen LogP contribution in [0.3, 0.4) is 0 Å². The number of fused-ring (bicyclic) bond motifs is 3. The topological polar surface area (TPSA) is 115 Å². The van der Waals surface area contributed by atoms with E-state index in [2.05, 4.69) is 46.8 Å². The number of hydrogen-bond acceptors (Lipinski definition) is 7. The van der Waals surface area contributed by atoms with E-state index in [0.717, 1.165) is 28.7 Å². The van der Waals surface area contributed by atoms with Gasteiger partial charge in [0.2, 0.25) is 0 Å².